The number of hydrogen-bond acceptors (Lipinski definition) is 3. The average Bonchev–Trinajstić information content (AvgIpc) is 3.23. The Hall–Kier alpha value is -1.84. The molecule has 4 heteroatoms. The Labute approximate surface area is 113 Å². The Balaban J connectivity index is 2.10. The third-order valence-corrected chi connectivity index (χ3v) is 3.42. The maximum atomic E-state index is 12.1. The highest BCUT2D eigenvalue weighted by Crippen LogP contribution is 2.37. The smallest absolute Gasteiger partial charge is 0.340 e. The molecule has 1 atom stereocenters. The number of amides is 1. The second-order valence-electron chi connectivity index (χ2n) is 4.88. The van der Waals surface area contributed by atoms with Crippen LogP contribution >= 0.6 is 0 Å². The third kappa shape index (κ3) is 3.34. The molecule has 0 radical (unpaired) electrons. The second kappa shape index (κ2) is 5.87. The summed E-state index contributed by atoms with van der Waals surface area (Å²) in [6.07, 6.45) is 2.24. The second-order valence-corrected chi connectivity index (χ2v) is 4.88. The molecule has 1 unspecified atom stereocenters. The Morgan fingerprint density at radius 1 is 1.37 bits per heavy atom. The summed E-state index contributed by atoms with van der Waals surface area (Å²) in [7, 11) is 0. The normalized spacial score (nSPS) is 15.7. The van der Waals surface area contributed by atoms with Crippen molar-refractivity contribution in [3.05, 3.63) is 29.8 Å². The van der Waals surface area contributed by atoms with Crippen LogP contribution in [0.2, 0.25) is 0 Å². The molecular weight excluding hydrogens is 242 g/mol. The average molecular weight is 261 g/mol. The quantitative estimate of drug-likeness (QED) is 0.829. The Bertz CT molecular complexity index is 480. The first-order valence-corrected chi connectivity index (χ1v) is 6.70. The summed E-state index contributed by atoms with van der Waals surface area (Å²) in [6, 6.07) is 6.94. The number of benzene rings is 1. The highest BCUT2D eigenvalue weighted by atomic mass is 16.5. The van der Waals surface area contributed by atoms with Gasteiger partial charge in [0.2, 0.25) is 5.91 Å². The van der Waals surface area contributed by atoms with Crippen LogP contribution in [-0.2, 0) is 9.53 Å². The van der Waals surface area contributed by atoms with E-state index in [9.17, 15) is 9.59 Å². The molecule has 19 heavy (non-hydrogen) atoms. The van der Waals surface area contributed by atoms with Gasteiger partial charge in [-0.05, 0) is 37.8 Å². The molecule has 1 N–H and O–H groups in total. The molecule has 1 aliphatic carbocycles. The summed E-state index contributed by atoms with van der Waals surface area (Å²) in [6.45, 7) is 4.01. The number of carbonyl (C=O) groups excluding carboxylic acids is 2. The minimum absolute atomic E-state index is 0.00440. The molecule has 0 bridgehead atoms. The van der Waals surface area contributed by atoms with Gasteiger partial charge in [0.05, 0.1) is 17.9 Å². The maximum Gasteiger partial charge on any atom is 0.340 e. The first-order chi connectivity index (χ1) is 9.13. The number of para-hydroxylation sites is 1. The lowest BCUT2D eigenvalue weighted by Gasteiger charge is -2.13. The molecule has 1 aliphatic rings. The molecule has 0 spiro atoms. The molecule has 102 valence electrons. The zero-order valence-corrected chi connectivity index (χ0v) is 11.3. The van der Waals surface area contributed by atoms with Crippen LogP contribution in [0.4, 0.5) is 5.69 Å². The highest BCUT2D eigenvalue weighted by Gasteiger charge is 2.32. The third-order valence-electron chi connectivity index (χ3n) is 3.42. The van der Waals surface area contributed by atoms with E-state index in [1.165, 1.54) is 0 Å². The summed E-state index contributed by atoms with van der Waals surface area (Å²) in [5, 5.41) is 2.83. The van der Waals surface area contributed by atoms with E-state index in [0.29, 0.717) is 23.8 Å². The van der Waals surface area contributed by atoms with Crippen LogP contribution in [-0.4, -0.2) is 18.5 Å². The topological polar surface area (TPSA) is 55.4 Å². The molecule has 0 aliphatic heterocycles. The van der Waals surface area contributed by atoms with E-state index in [1.54, 1.807) is 31.2 Å². The van der Waals surface area contributed by atoms with Crippen LogP contribution in [0.25, 0.3) is 0 Å². The van der Waals surface area contributed by atoms with Crippen molar-refractivity contribution in [1.82, 2.24) is 0 Å². The van der Waals surface area contributed by atoms with Crippen LogP contribution in [0.15, 0.2) is 24.3 Å². The molecule has 1 fully saturated rings. The van der Waals surface area contributed by atoms with Crippen molar-refractivity contribution in [2.24, 2.45) is 11.8 Å². The van der Waals surface area contributed by atoms with Gasteiger partial charge in [-0.25, -0.2) is 4.79 Å². The molecular formula is C15H19NO3. The first kappa shape index (κ1) is 13.6. The molecule has 0 saturated heterocycles. The number of rotatable bonds is 5. The van der Waals surface area contributed by atoms with Crippen molar-refractivity contribution in [3.63, 3.8) is 0 Å². The van der Waals surface area contributed by atoms with Crippen molar-refractivity contribution in [2.45, 2.75) is 26.7 Å². The number of esters is 1. The fraction of sp³-hybridized carbons (Fsp3) is 0.467. The standard InChI is InChI=1S/C15H19NO3/c1-3-19-15(18)12-6-4-5-7-13(12)16-14(17)10(2)11-8-9-11/h4-7,10-11H,3,8-9H2,1-2H3,(H,16,17). The van der Waals surface area contributed by atoms with Crippen molar-refractivity contribution in [3.8, 4) is 0 Å². The van der Waals surface area contributed by atoms with Gasteiger partial charge in [-0.2, -0.15) is 0 Å². The number of nitrogens with one attached hydrogen (secondary N) is 1. The lowest BCUT2D eigenvalue weighted by Crippen LogP contribution is -2.23. The van der Waals surface area contributed by atoms with E-state index < -0.39 is 5.97 Å². The number of hydrogen-bond donors (Lipinski definition) is 1. The van der Waals surface area contributed by atoms with Crippen molar-refractivity contribution < 1.29 is 14.3 Å². The molecule has 4 nitrogen and oxygen atoms in total. The summed E-state index contributed by atoms with van der Waals surface area (Å²) < 4.78 is 4.98. The van der Waals surface area contributed by atoms with Gasteiger partial charge in [0.25, 0.3) is 0 Å². The zero-order chi connectivity index (χ0) is 13.8. The summed E-state index contributed by atoms with van der Waals surface area (Å²) in [5.74, 6) is 0.0572. The molecule has 0 aromatic heterocycles. The van der Waals surface area contributed by atoms with Crippen molar-refractivity contribution in [1.29, 1.82) is 0 Å². The van der Waals surface area contributed by atoms with Crippen LogP contribution in [0.3, 0.4) is 0 Å². The molecule has 2 rings (SSSR count). The highest BCUT2D eigenvalue weighted by molar-refractivity contribution is 6.01. The molecule has 1 aromatic carbocycles. The van der Waals surface area contributed by atoms with Gasteiger partial charge >= 0.3 is 5.97 Å². The van der Waals surface area contributed by atoms with Crippen LogP contribution < -0.4 is 5.32 Å². The Morgan fingerprint density at radius 2 is 2.05 bits per heavy atom. The molecule has 1 saturated carbocycles. The Morgan fingerprint density at radius 3 is 2.68 bits per heavy atom. The van der Waals surface area contributed by atoms with Gasteiger partial charge in [0.15, 0.2) is 0 Å². The van der Waals surface area contributed by atoms with Crippen molar-refractivity contribution in [2.75, 3.05) is 11.9 Å². The fourth-order valence-electron chi connectivity index (χ4n) is 2.04. The maximum absolute atomic E-state index is 12.1. The van der Waals surface area contributed by atoms with Gasteiger partial charge in [0.1, 0.15) is 0 Å². The summed E-state index contributed by atoms with van der Waals surface area (Å²) >= 11 is 0. The van der Waals surface area contributed by atoms with Crippen LogP contribution in [0, 0.1) is 11.8 Å². The van der Waals surface area contributed by atoms with Gasteiger partial charge in [-0.1, -0.05) is 19.1 Å². The number of anilines is 1. The van der Waals surface area contributed by atoms with Crippen LogP contribution in [0.1, 0.15) is 37.0 Å². The summed E-state index contributed by atoms with van der Waals surface area (Å²) in [5.41, 5.74) is 0.930. The van der Waals surface area contributed by atoms with Gasteiger partial charge in [-0.15, -0.1) is 0 Å². The molecule has 0 heterocycles. The first-order valence-electron chi connectivity index (χ1n) is 6.70. The number of carbonyl (C=O) groups is 2. The lowest BCUT2D eigenvalue weighted by molar-refractivity contribution is -0.119. The minimum atomic E-state index is -0.405. The van der Waals surface area contributed by atoms with E-state index >= 15 is 0 Å². The van der Waals surface area contributed by atoms with E-state index in [0.717, 1.165) is 12.8 Å². The predicted octanol–water partition coefficient (Wildman–Crippen LogP) is 2.85. The molecule has 1 amide bonds. The lowest BCUT2D eigenvalue weighted by atomic mass is 10.1. The number of ether oxygens (including phenoxy) is 1. The van der Waals surface area contributed by atoms with Gasteiger partial charge in [-0.3, -0.25) is 4.79 Å². The SMILES string of the molecule is CCOC(=O)c1ccccc1NC(=O)C(C)C1CC1. The monoisotopic (exact) mass is 261 g/mol. The fourth-order valence-corrected chi connectivity index (χ4v) is 2.04. The van der Waals surface area contributed by atoms with E-state index in [1.807, 2.05) is 6.92 Å². The van der Waals surface area contributed by atoms with Crippen LogP contribution in [0.5, 0.6) is 0 Å². The zero-order valence-electron chi connectivity index (χ0n) is 11.3. The predicted molar refractivity (Wildman–Crippen MR) is 72.9 cm³/mol. The largest absolute Gasteiger partial charge is 0.462 e. The van der Waals surface area contributed by atoms with Crippen molar-refractivity contribution >= 4 is 17.6 Å². The molecule has 1 aromatic rings. The Kier molecular flexibility index (Phi) is 4.20. The van der Waals surface area contributed by atoms with Gasteiger partial charge < -0.3 is 10.1 Å². The minimum Gasteiger partial charge on any atom is -0.462 e. The van der Waals surface area contributed by atoms with Gasteiger partial charge in [0, 0.05) is 5.92 Å². The van der Waals surface area contributed by atoms with E-state index in [4.69, 9.17) is 4.74 Å². The summed E-state index contributed by atoms with van der Waals surface area (Å²) in [4.78, 5) is 23.9. The van der Waals surface area contributed by atoms with E-state index in [2.05, 4.69) is 5.32 Å². The van der Waals surface area contributed by atoms with E-state index in [-0.39, 0.29) is 11.8 Å².